The van der Waals surface area contributed by atoms with Crippen LogP contribution in [0.4, 0.5) is 0 Å². The van der Waals surface area contributed by atoms with Gasteiger partial charge in [-0.3, -0.25) is 0 Å². The minimum atomic E-state index is 0. The summed E-state index contributed by atoms with van der Waals surface area (Å²) >= 11 is 5.85. The number of para-hydroxylation sites is 1. The van der Waals surface area contributed by atoms with E-state index in [1.54, 1.807) is 7.11 Å². The highest BCUT2D eigenvalue weighted by molar-refractivity contribution is 6.30. The number of hydrogen-bond donors (Lipinski definition) is 1. The van der Waals surface area contributed by atoms with Crippen LogP contribution in [0.15, 0.2) is 48.5 Å². The van der Waals surface area contributed by atoms with Gasteiger partial charge in [0.1, 0.15) is 5.75 Å². The Bertz CT molecular complexity index is 514. The molecule has 0 fully saturated rings. The molecule has 2 aromatic carbocycles. The molecule has 0 unspecified atom stereocenters. The molecule has 2 nitrogen and oxygen atoms in total. The fraction of sp³-hybridized carbons (Fsp3) is 0.250. The predicted molar refractivity (Wildman–Crippen MR) is 87.1 cm³/mol. The molecular formula is C16H19Cl2NO. The van der Waals surface area contributed by atoms with Crippen molar-refractivity contribution in [3.8, 4) is 5.75 Å². The number of nitrogens with one attached hydrogen (secondary N) is 1. The van der Waals surface area contributed by atoms with Gasteiger partial charge in [-0.1, -0.05) is 41.9 Å². The Hall–Kier alpha value is -1.22. The molecule has 2 aromatic rings. The molecule has 0 bridgehead atoms. The third-order valence-corrected chi connectivity index (χ3v) is 3.26. The Kier molecular flexibility index (Phi) is 7.45. The van der Waals surface area contributed by atoms with E-state index < -0.39 is 0 Å². The molecular weight excluding hydrogens is 293 g/mol. The average molecular weight is 312 g/mol. The second-order valence-corrected chi connectivity index (χ2v) is 4.80. The van der Waals surface area contributed by atoms with Gasteiger partial charge in [0.05, 0.1) is 7.11 Å². The van der Waals surface area contributed by atoms with Crippen molar-refractivity contribution in [3.63, 3.8) is 0 Å². The van der Waals surface area contributed by atoms with Gasteiger partial charge in [-0.25, -0.2) is 0 Å². The van der Waals surface area contributed by atoms with Crippen LogP contribution in [0.25, 0.3) is 0 Å². The summed E-state index contributed by atoms with van der Waals surface area (Å²) < 4.78 is 5.33. The molecule has 0 atom stereocenters. The second kappa shape index (κ2) is 8.85. The first-order chi connectivity index (χ1) is 9.29. The van der Waals surface area contributed by atoms with Crippen molar-refractivity contribution in [2.45, 2.75) is 13.0 Å². The molecule has 0 saturated heterocycles. The molecule has 0 heterocycles. The van der Waals surface area contributed by atoms with Crippen molar-refractivity contribution in [3.05, 3.63) is 64.7 Å². The monoisotopic (exact) mass is 311 g/mol. The highest BCUT2D eigenvalue weighted by Crippen LogP contribution is 2.17. The van der Waals surface area contributed by atoms with Crippen LogP contribution in [0.5, 0.6) is 5.75 Å². The van der Waals surface area contributed by atoms with Gasteiger partial charge in [-0.2, -0.15) is 0 Å². The lowest BCUT2D eigenvalue weighted by molar-refractivity contribution is 0.409. The molecule has 108 valence electrons. The van der Waals surface area contributed by atoms with E-state index in [2.05, 4.69) is 11.4 Å². The SMILES string of the molecule is COc1ccccc1CCNCc1ccc(Cl)cc1.Cl. The number of rotatable bonds is 6. The number of hydrogen-bond acceptors (Lipinski definition) is 2. The van der Waals surface area contributed by atoms with Gasteiger partial charge in [0.25, 0.3) is 0 Å². The van der Waals surface area contributed by atoms with Gasteiger partial charge in [0, 0.05) is 11.6 Å². The van der Waals surface area contributed by atoms with Crippen LogP contribution in [0.1, 0.15) is 11.1 Å². The molecule has 2 rings (SSSR count). The molecule has 0 saturated carbocycles. The summed E-state index contributed by atoms with van der Waals surface area (Å²) in [7, 11) is 1.71. The molecule has 0 radical (unpaired) electrons. The third-order valence-electron chi connectivity index (χ3n) is 3.01. The predicted octanol–water partition coefficient (Wildman–Crippen LogP) is 4.10. The van der Waals surface area contributed by atoms with E-state index in [0.29, 0.717) is 0 Å². The Morgan fingerprint density at radius 3 is 2.45 bits per heavy atom. The van der Waals surface area contributed by atoms with E-state index >= 15 is 0 Å². The van der Waals surface area contributed by atoms with Gasteiger partial charge in [0.2, 0.25) is 0 Å². The third kappa shape index (κ3) is 5.04. The van der Waals surface area contributed by atoms with Crippen molar-refractivity contribution in [1.82, 2.24) is 5.32 Å². The lowest BCUT2D eigenvalue weighted by Gasteiger charge is -2.09. The smallest absolute Gasteiger partial charge is 0.122 e. The Balaban J connectivity index is 0.00000200. The Morgan fingerprint density at radius 2 is 1.75 bits per heavy atom. The van der Waals surface area contributed by atoms with Crippen LogP contribution in [-0.2, 0) is 13.0 Å². The van der Waals surface area contributed by atoms with Crippen molar-refractivity contribution >= 4 is 24.0 Å². The summed E-state index contributed by atoms with van der Waals surface area (Å²) in [5, 5.41) is 4.20. The van der Waals surface area contributed by atoms with Crippen LogP contribution in [0.3, 0.4) is 0 Å². The Morgan fingerprint density at radius 1 is 1.05 bits per heavy atom. The molecule has 1 N–H and O–H groups in total. The topological polar surface area (TPSA) is 21.3 Å². The maximum absolute atomic E-state index is 5.85. The standard InChI is InChI=1S/C16H18ClNO.ClH/c1-19-16-5-3-2-4-14(16)10-11-18-12-13-6-8-15(17)9-7-13;/h2-9,18H,10-12H2,1H3;1H. The molecule has 0 aliphatic carbocycles. The average Bonchev–Trinajstić information content (AvgIpc) is 2.46. The quantitative estimate of drug-likeness (QED) is 0.811. The highest BCUT2D eigenvalue weighted by Gasteiger charge is 2.00. The number of ether oxygens (including phenoxy) is 1. The van der Waals surface area contributed by atoms with E-state index in [4.69, 9.17) is 16.3 Å². The Labute approximate surface area is 131 Å². The molecule has 4 heteroatoms. The van der Waals surface area contributed by atoms with Gasteiger partial charge >= 0.3 is 0 Å². The first kappa shape index (κ1) is 16.8. The van der Waals surface area contributed by atoms with Gasteiger partial charge in [-0.05, 0) is 42.3 Å². The summed E-state index contributed by atoms with van der Waals surface area (Å²) in [5.74, 6) is 0.954. The molecule has 0 aliphatic heterocycles. The van der Waals surface area contributed by atoms with Crippen LogP contribution >= 0.6 is 24.0 Å². The zero-order valence-corrected chi connectivity index (χ0v) is 13.0. The van der Waals surface area contributed by atoms with E-state index in [0.717, 1.165) is 30.3 Å². The lowest BCUT2D eigenvalue weighted by Crippen LogP contribution is -2.16. The summed E-state index contributed by atoms with van der Waals surface area (Å²) in [6.07, 6.45) is 0.956. The zero-order valence-electron chi connectivity index (χ0n) is 11.4. The van der Waals surface area contributed by atoms with Crippen LogP contribution in [0, 0.1) is 0 Å². The normalized spacial score (nSPS) is 9.90. The highest BCUT2D eigenvalue weighted by atomic mass is 35.5. The number of methoxy groups -OCH3 is 1. The van der Waals surface area contributed by atoms with Crippen LogP contribution in [0.2, 0.25) is 5.02 Å². The summed E-state index contributed by atoms with van der Waals surface area (Å²) in [6, 6.07) is 16.0. The molecule has 0 amide bonds. The minimum absolute atomic E-state index is 0. The summed E-state index contributed by atoms with van der Waals surface area (Å²) in [6.45, 7) is 1.77. The fourth-order valence-corrected chi connectivity index (χ4v) is 2.09. The molecule has 0 aliphatic rings. The largest absolute Gasteiger partial charge is 0.496 e. The number of benzene rings is 2. The fourth-order valence-electron chi connectivity index (χ4n) is 1.97. The molecule has 20 heavy (non-hydrogen) atoms. The van der Waals surface area contributed by atoms with E-state index in [1.165, 1.54) is 11.1 Å². The van der Waals surface area contributed by atoms with Crippen LogP contribution in [-0.4, -0.2) is 13.7 Å². The van der Waals surface area contributed by atoms with Crippen molar-refractivity contribution in [2.75, 3.05) is 13.7 Å². The van der Waals surface area contributed by atoms with Gasteiger partial charge in [-0.15, -0.1) is 12.4 Å². The maximum atomic E-state index is 5.85. The van der Waals surface area contributed by atoms with E-state index in [-0.39, 0.29) is 12.4 Å². The van der Waals surface area contributed by atoms with Gasteiger partial charge < -0.3 is 10.1 Å². The van der Waals surface area contributed by atoms with Crippen LogP contribution < -0.4 is 10.1 Å². The molecule has 0 aromatic heterocycles. The van der Waals surface area contributed by atoms with Crippen molar-refractivity contribution < 1.29 is 4.74 Å². The summed E-state index contributed by atoms with van der Waals surface area (Å²) in [4.78, 5) is 0. The van der Waals surface area contributed by atoms with Crippen molar-refractivity contribution in [1.29, 1.82) is 0 Å². The van der Waals surface area contributed by atoms with E-state index in [1.807, 2.05) is 42.5 Å². The van der Waals surface area contributed by atoms with E-state index in [9.17, 15) is 0 Å². The minimum Gasteiger partial charge on any atom is -0.496 e. The first-order valence-corrected chi connectivity index (χ1v) is 6.74. The lowest BCUT2D eigenvalue weighted by atomic mass is 10.1. The van der Waals surface area contributed by atoms with Crippen molar-refractivity contribution in [2.24, 2.45) is 0 Å². The number of halogens is 2. The van der Waals surface area contributed by atoms with Gasteiger partial charge in [0.15, 0.2) is 0 Å². The molecule has 0 spiro atoms. The zero-order chi connectivity index (χ0) is 13.5. The maximum Gasteiger partial charge on any atom is 0.122 e. The summed E-state index contributed by atoms with van der Waals surface area (Å²) in [5.41, 5.74) is 2.47. The first-order valence-electron chi connectivity index (χ1n) is 6.36. The second-order valence-electron chi connectivity index (χ2n) is 4.37.